The first-order chi connectivity index (χ1) is 12.2. The maximum absolute atomic E-state index is 12.3. The molecule has 1 aromatic carbocycles. The van der Waals surface area contributed by atoms with Crippen molar-refractivity contribution in [3.63, 3.8) is 0 Å². The molecule has 1 aliphatic heterocycles. The fourth-order valence-electron chi connectivity index (χ4n) is 3.34. The number of likely N-dealkylation sites (tertiary alicyclic amines) is 1. The molecular weight excluding hydrogens is 316 g/mol. The smallest absolute Gasteiger partial charge is 0.238 e. The number of nitrogens with zero attached hydrogens (tertiary/aromatic N) is 3. The molecule has 0 aliphatic carbocycles. The van der Waals surface area contributed by atoms with Crippen LogP contribution in [0.4, 0.5) is 5.69 Å². The Balaban J connectivity index is 1.45. The minimum atomic E-state index is 0.00778. The van der Waals surface area contributed by atoms with Gasteiger partial charge in [-0.25, -0.2) is 4.98 Å². The Morgan fingerprint density at radius 1 is 1.32 bits per heavy atom. The van der Waals surface area contributed by atoms with Crippen molar-refractivity contribution in [1.82, 2.24) is 14.5 Å². The molecule has 0 saturated carbocycles. The Hall–Kier alpha value is -2.34. The van der Waals surface area contributed by atoms with Gasteiger partial charge in [-0.05, 0) is 50.9 Å². The average molecular weight is 342 g/mol. The molecule has 0 spiro atoms. The van der Waals surface area contributed by atoms with Gasteiger partial charge in [0, 0.05) is 18.9 Å². The molecule has 0 bridgehead atoms. The number of hydrogen-bond donors (Lipinski definition) is 1. The summed E-state index contributed by atoms with van der Waals surface area (Å²) in [7, 11) is 1.61. The highest BCUT2D eigenvalue weighted by atomic mass is 16.5. The molecule has 6 nitrogen and oxygen atoms in total. The van der Waals surface area contributed by atoms with Crippen LogP contribution in [-0.4, -0.2) is 47.1 Å². The van der Waals surface area contributed by atoms with Crippen molar-refractivity contribution < 1.29 is 9.53 Å². The zero-order chi connectivity index (χ0) is 17.6. The molecule has 1 saturated heterocycles. The lowest BCUT2D eigenvalue weighted by Gasteiger charge is -2.31. The Bertz CT molecular complexity index is 705. The maximum atomic E-state index is 12.3. The number of nitrogens with one attached hydrogen (secondary N) is 1. The number of rotatable bonds is 6. The van der Waals surface area contributed by atoms with Gasteiger partial charge >= 0.3 is 0 Å². The number of carbonyl (C=O) groups is 1. The van der Waals surface area contributed by atoms with E-state index in [-0.39, 0.29) is 5.91 Å². The van der Waals surface area contributed by atoms with Crippen molar-refractivity contribution >= 4 is 11.6 Å². The lowest BCUT2D eigenvalue weighted by Crippen LogP contribution is -2.40. The molecular formula is C19H26N4O2. The van der Waals surface area contributed by atoms with Gasteiger partial charge < -0.3 is 14.6 Å². The summed E-state index contributed by atoms with van der Waals surface area (Å²) >= 11 is 0. The number of aryl methyl sites for hydroxylation is 1. The average Bonchev–Trinajstić information content (AvgIpc) is 3.02. The number of amides is 1. The number of para-hydroxylation sites is 2. The Kier molecular flexibility index (Phi) is 5.71. The summed E-state index contributed by atoms with van der Waals surface area (Å²) < 4.78 is 7.49. The van der Waals surface area contributed by atoms with E-state index in [1.807, 2.05) is 43.6 Å². The molecule has 0 atom stereocenters. The van der Waals surface area contributed by atoms with Crippen LogP contribution >= 0.6 is 0 Å². The van der Waals surface area contributed by atoms with Crippen molar-refractivity contribution in [1.29, 1.82) is 0 Å². The Morgan fingerprint density at radius 2 is 2.08 bits per heavy atom. The summed E-state index contributed by atoms with van der Waals surface area (Å²) in [6.45, 7) is 5.40. The number of imidazole rings is 1. The third-order valence-corrected chi connectivity index (χ3v) is 4.83. The maximum Gasteiger partial charge on any atom is 0.238 e. The van der Waals surface area contributed by atoms with Crippen molar-refractivity contribution in [2.45, 2.75) is 26.3 Å². The second-order valence-corrected chi connectivity index (χ2v) is 6.59. The largest absolute Gasteiger partial charge is 0.495 e. The highest BCUT2D eigenvalue weighted by molar-refractivity contribution is 5.93. The number of anilines is 1. The summed E-state index contributed by atoms with van der Waals surface area (Å²) in [6.07, 6.45) is 6.12. The molecule has 6 heteroatoms. The normalized spacial score (nSPS) is 15.9. The first kappa shape index (κ1) is 17.5. The summed E-state index contributed by atoms with van der Waals surface area (Å²) in [5.41, 5.74) is 0.723. The number of piperidine rings is 1. The topological polar surface area (TPSA) is 59.4 Å². The van der Waals surface area contributed by atoms with Crippen LogP contribution in [-0.2, 0) is 11.3 Å². The van der Waals surface area contributed by atoms with Gasteiger partial charge in [0.05, 0.1) is 19.3 Å². The molecule has 2 aromatic rings. The molecule has 2 heterocycles. The van der Waals surface area contributed by atoms with Crippen LogP contribution in [0.15, 0.2) is 36.7 Å². The quantitative estimate of drug-likeness (QED) is 0.876. The van der Waals surface area contributed by atoms with Gasteiger partial charge in [0.1, 0.15) is 11.6 Å². The molecule has 1 aliphatic rings. The Labute approximate surface area is 148 Å². The van der Waals surface area contributed by atoms with Crippen molar-refractivity contribution in [2.24, 2.45) is 5.92 Å². The zero-order valence-corrected chi connectivity index (χ0v) is 14.9. The molecule has 1 N–H and O–H groups in total. The van der Waals surface area contributed by atoms with Crippen LogP contribution in [0.3, 0.4) is 0 Å². The van der Waals surface area contributed by atoms with Crippen molar-refractivity contribution in [3.8, 4) is 5.75 Å². The number of hydrogen-bond acceptors (Lipinski definition) is 4. The highest BCUT2D eigenvalue weighted by Gasteiger charge is 2.21. The molecule has 3 rings (SSSR count). The number of aromatic nitrogens is 2. The van der Waals surface area contributed by atoms with Crippen LogP contribution in [0.25, 0.3) is 0 Å². The highest BCUT2D eigenvalue weighted by Crippen LogP contribution is 2.23. The zero-order valence-electron chi connectivity index (χ0n) is 14.9. The second-order valence-electron chi connectivity index (χ2n) is 6.59. The summed E-state index contributed by atoms with van der Waals surface area (Å²) in [4.78, 5) is 18.8. The van der Waals surface area contributed by atoms with Crippen LogP contribution in [0.5, 0.6) is 5.75 Å². The first-order valence-corrected chi connectivity index (χ1v) is 8.78. The fourth-order valence-corrected chi connectivity index (χ4v) is 3.34. The number of methoxy groups -OCH3 is 1. The molecule has 1 fully saturated rings. The van der Waals surface area contributed by atoms with E-state index in [1.165, 1.54) is 0 Å². The summed E-state index contributed by atoms with van der Waals surface area (Å²) in [5.74, 6) is 2.42. The van der Waals surface area contributed by atoms with E-state index >= 15 is 0 Å². The first-order valence-electron chi connectivity index (χ1n) is 8.78. The fraction of sp³-hybridized carbons (Fsp3) is 0.474. The molecule has 25 heavy (non-hydrogen) atoms. The number of ether oxygens (including phenoxy) is 1. The SMILES string of the molecule is COc1ccccc1NC(=O)CN1CCC(Cn2ccnc2C)CC1. The summed E-state index contributed by atoms with van der Waals surface area (Å²) in [6, 6.07) is 7.48. The molecule has 1 aromatic heterocycles. The van der Waals surface area contributed by atoms with E-state index in [2.05, 4.69) is 19.8 Å². The number of benzene rings is 1. The minimum Gasteiger partial charge on any atom is -0.495 e. The van der Waals surface area contributed by atoms with E-state index in [1.54, 1.807) is 7.11 Å². The van der Waals surface area contributed by atoms with Gasteiger partial charge in [-0.3, -0.25) is 9.69 Å². The van der Waals surface area contributed by atoms with E-state index < -0.39 is 0 Å². The van der Waals surface area contributed by atoms with Gasteiger partial charge in [0.25, 0.3) is 0 Å². The summed E-state index contributed by atoms with van der Waals surface area (Å²) in [5, 5.41) is 2.95. The van der Waals surface area contributed by atoms with Gasteiger partial charge in [-0.15, -0.1) is 0 Å². The predicted octanol–water partition coefficient (Wildman–Crippen LogP) is 2.55. The van der Waals surface area contributed by atoms with Crippen LogP contribution in [0, 0.1) is 12.8 Å². The van der Waals surface area contributed by atoms with Gasteiger partial charge in [-0.1, -0.05) is 12.1 Å². The monoisotopic (exact) mass is 342 g/mol. The molecule has 0 unspecified atom stereocenters. The van der Waals surface area contributed by atoms with Gasteiger partial charge in [0.15, 0.2) is 0 Å². The predicted molar refractivity (Wildman–Crippen MR) is 97.8 cm³/mol. The van der Waals surface area contributed by atoms with Crippen molar-refractivity contribution in [2.75, 3.05) is 32.1 Å². The van der Waals surface area contributed by atoms with E-state index in [0.29, 0.717) is 18.2 Å². The lowest BCUT2D eigenvalue weighted by atomic mass is 9.96. The third kappa shape index (κ3) is 4.60. The van der Waals surface area contributed by atoms with Crippen LogP contribution in [0.1, 0.15) is 18.7 Å². The van der Waals surface area contributed by atoms with Gasteiger partial charge in [0.2, 0.25) is 5.91 Å². The van der Waals surface area contributed by atoms with Crippen molar-refractivity contribution in [3.05, 3.63) is 42.5 Å². The molecule has 134 valence electrons. The number of carbonyl (C=O) groups excluding carboxylic acids is 1. The third-order valence-electron chi connectivity index (χ3n) is 4.83. The Morgan fingerprint density at radius 3 is 2.76 bits per heavy atom. The molecule has 1 amide bonds. The standard InChI is InChI=1S/C19H26N4O2/c1-15-20-9-12-23(15)13-16-7-10-22(11-8-16)14-19(24)21-17-5-3-4-6-18(17)25-2/h3-6,9,12,16H,7-8,10-11,13-14H2,1-2H3,(H,21,24). The minimum absolute atomic E-state index is 0.00778. The van der Waals surface area contributed by atoms with Crippen LogP contribution in [0.2, 0.25) is 0 Å². The van der Waals surface area contributed by atoms with E-state index in [4.69, 9.17) is 4.74 Å². The van der Waals surface area contributed by atoms with Crippen LogP contribution < -0.4 is 10.1 Å². The molecule has 0 radical (unpaired) electrons. The van der Waals surface area contributed by atoms with Gasteiger partial charge in [-0.2, -0.15) is 0 Å². The second kappa shape index (κ2) is 8.16. The van der Waals surface area contributed by atoms with E-state index in [9.17, 15) is 4.79 Å². The van der Waals surface area contributed by atoms with E-state index in [0.717, 1.165) is 44.0 Å². The lowest BCUT2D eigenvalue weighted by molar-refractivity contribution is -0.117.